The van der Waals surface area contributed by atoms with Gasteiger partial charge in [-0.3, -0.25) is 14.5 Å². The molecule has 0 saturated carbocycles. The number of nitrogens with zero attached hydrogens (tertiary/aromatic N) is 1. The highest BCUT2D eigenvalue weighted by molar-refractivity contribution is 8.00. The second kappa shape index (κ2) is 7.26. The van der Waals surface area contributed by atoms with Crippen LogP contribution in [0.1, 0.15) is 18.5 Å². The van der Waals surface area contributed by atoms with Crippen LogP contribution in [0.25, 0.3) is 0 Å². The molecule has 2 aliphatic rings. The van der Waals surface area contributed by atoms with Gasteiger partial charge in [-0.15, -0.1) is 11.8 Å². The Morgan fingerprint density at radius 2 is 2.00 bits per heavy atom. The Labute approximate surface area is 148 Å². The first-order valence-electron chi connectivity index (χ1n) is 7.40. The number of rotatable bonds is 4. The Balaban J connectivity index is 0.00000225. The molecule has 0 bridgehead atoms. The van der Waals surface area contributed by atoms with Gasteiger partial charge < -0.3 is 21.6 Å². The highest BCUT2D eigenvalue weighted by Gasteiger charge is 2.53. The number of amides is 2. The third-order valence-electron chi connectivity index (χ3n) is 4.10. The number of nitrogens with two attached hydrogens (primary N) is 1. The predicted octanol–water partition coefficient (Wildman–Crippen LogP) is -0.380. The molecule has 6 N–H and O–H groups in total. The molecule has 25 heavy (non-hydrogen) atoms. The first-order chi connectivity index (χ1) is 11.4. The summed E-state index contributed by atoms with van der Waals surface area (Å²) < 4.78 is 0. The number of hydrogen-bond acceptors (Lipinski definition) is 5. The van der Waals surface area contributed by atoms with Crippen molar-refractivity contribution in [3.63, 3.8) is 0 Å². The zero-order chi connectivity index (χ0) is 17.4. The number of carboxylic acid groups (broad SMARTS) is 1. The van der Waals surface area contributed by atoms with E-state index in [4.69, 9.17) is 5.73 Å². The average molecular weight is 365 g/mol. The zero-order valence-corrected chi connectivity index (χ0v) is 14.2. The lowest BCUT2D eigenvalue weighted by atomic mass is 10.0. The average Bonchev–Trinajstić information content (AvgIpc) is 2.59. The van der Waals surface area contributed by atoms with Crippen molar-refractivity contribution < 1.29 is 25.0 Å². The SMILES string of the molecule is CC1=C(C(=O)O)N2C(=O)[C@@H](NC(=O)[C@@H](N)c3ccccc3)[C@H]2SC1.O. The molecular weight excluding hydrogens is 346 g/mol. The molecule has 0 radical (unpaired) electrons. The van der Waals surface area contributed by atoms with E-state index in [0.29, 0.717) is 16.9 Å². The third kappa shape index (κ3) is 3.26. The lowest BCUT2D eigenvalue weighted by molar-refractivity contribution is -0.150. The van der Waals surface area contributed by atoms with Gasteiger partial charge in [0.2, 0.25) is 5.91 Å². The second-order valence-electron chi connectivity index (χ2n) is 5.72. The molecule has 2 aliphatic heterocycles. The van der Waals surface area contributed by atoms with Crippen molar-refractivity contribution in [2.45, 2.75) is 24.4 Å². The molecule has 3 atom stereocenters. The molecule has 2 amide bonds. The Kier molecular flexibility index (Phi) is 5.51. The van der Waals surface area contributed by atoms with E-state index in [0.717, 1.165) is 0 Å². The Morgan fingerprint density at radius 1 is 1.36 bits per heavy atom. The van der Waals surface area contributed by atoms with Gasteiger partial charge in [0.1, 0.15) is 23.2 Å². The third-order valence-corrected chi connectivity index (χ3v) is 5.52. The van der Waals surface area contributed by atoms with Crippen LogP contribution in [0.3, 0.4) is 0 Å². The van der Waals surface area contributed by atoms with Crippen LogP contribution in [0.5, 0.6) is 0 Å². The summed E-state index contributed by atoms with van der Waals surface area (Å²) in [6.07, 6.45) is 0. The number of fused-ring (bicyclic) bond motifs is 1. The van der Waals surface area contributed by atoms with Crippen molar-refractivity contribution in [2.24, 2.45) is 5.73 Å². The topological polar surface area (TPSA) is 144 Å². The van der Waals surface area contributed by atoms with E-state index in [-0.39, 0.29) is 11.2 Å². The minimum absolute atomic E-state index is 0. The highest BCUT2D eigenvalue weighted by atomic mass is 32.2. The van der Waals surface area contributed by atoms with Gasteiger partial charge in [-0.1, -0.05) is 30.3 Å². The Bertz CT molecular complexity index is 737. The van der Waals surface area contributed by atoms with E-state index in [9.17, 15) is 19.5 Å². The van der Waals surface area contributed by atoms with E-state index in [1.807, 2.05) is 6.07 Å². The second-order valence-corrected chi connectivity index (χ2v) is 6.82. The summed E-state index contributed by atoms with van der Waals surface area (Å²) in [5.74, 6) is -1.50. The molecule has 2 heterocycles. The summed E-state index contributed by atoms with van der Waals surface area (Å²) in [4.78, 5) is 37.2. The van der Waals surface area contributed by atoms with Gasteiger partial charge in [0.05, 0.1) is 0 Å². The number of aliphatic carboxylic acids is 1. The lowest BCUT2D eigenvalue weighted by Gasteiger charge is -2.49. The monoisotopic (exact) mass is 365 g/mol. The fourth-order valence-electron chi connectivity index (χ4n) is 2.83. The lowest BCUT2D eigenvalue weighted by Crippen LogP contribution is -2.71. The molecule has 8 nitrogen and oxygen atoms in total. The molecule has 3 rings (SSSR count). The molecule has 134 valence electrons. The molecule has 1 aromatic rings. The first kappa shape index (κ1) is 19.0. The number of nitrogens with one attached hydrogen (secondary N) is 1. The van der Waals surface area contributed by atoms with Crippen LogP contribution >= 0.6 is 11.8 Å². The first-order valence-corrected chi connectivity index (χ1v) is 8.45. The van der Waals surface area contributed by atoms with E-state index < -0.39 is 35.2 Å². The van der Waals surface area contributed by atoms with Crippen LogP contribution in [0.4, 0.5) is 0 Å². The molecule has 9 heteroatoms. The maximum Gasteiger partial charge on any atom is 0.352 e. The molecule has 0 aromatic heterocycles. The number of β-lactam (4-membered cyclic amide) rings is 1. The largest absolute Gasteiger partial charge is 0.477 e. The van der Waals surface area contributed by atoms with Gasteiger partial charge in [-0.25, -0.2) is 4.79 Å². The molecule has 1 saturated heterocycles. The van der Waals surface area contributed by atoms with Gasteiger partial charge >= 0.3 is 5.97 Å². The van der Waals surface area contributed by atoms with Gasteiger partial charge in [-0.2, -0.15) is 0 Å². The summed E-state index contributed by atoms with van der Waals surface area (Å²) in [6.45, 7) is 1.69. The molecule has 1 aromatic carbocycles. The molecule has 0 spiro atoms. The standard InChI is InChI=1S/C16H17N3O4S.H2O/c1-8-7-24-15-11(14(21)19(15)12(8)16(22)23)18-13(20)10(17)9-5-3-2-4-6-9;/h2-6,10-11,15H,7,17H2,1H3,(H,18,20)(H,22,23);1H2/t10-,11+,15+;/m0./s1. The van der Waals surface area contributed by atoms with E-state index in [1.54, 1.807) is 31.2 Å². The molecular formula is C16H19N3O5S. The maximum atomic E-state index is 12.3. The summed E-state index contributed by atoms with van der Waals surface area (Å²) in [5, 5.41) is 11.5. The predicted molar refractivity (Wildman–Crippen MR) is 92.3 cm³/mol. The van der Waals surface area contributed by atoms with Gasteiger partial charge in [-0.05, 0) is 18.1 Å². The number of carbonyl (C=O) groups is 3. The van der Waals surface area contributed by atoms with E-state index in [2.05, 4.69) is 5.32 Å². The zero-order valence-electron chi connectivity index (χ0n) is 13.4. The Hall–Kier alpha value is -2.36. The summed E-state index contributed by atoms with van der Waals surface area (Å²) >= 11 is 1.43. The highest BCUT2D eigenvalue weighted by Crippen LogP contribution is 2.40. The number of thioether (sulfide) groups is 1. The van der Waals surface area contributed by atoms with Crippen molar-refractivity contribution in [2.75, 3.05) is 5.75 Å². The number of hydrogen-bond donors (Lipinski definition) is 3. The maximum absolute atomic E-state index is 12.3. The minimum Gasteiger partial charge on any atom is -0.477 e. The summed E-state index contributed by atoms with van der Waals surface area (Å²) in [5.41, 5.74) is 7.24. The summed E-state index contributed by atoms with van der Waals surface area (Å²) in [6, 6.07) is 7.23. The van der Waals surface area contributed by atoms with Crippen molar-refractivity contribution in [1.29, 1.82) is 0 Å². The van der Waals surface area contributed by atoms with Crippen LogP contribution in [0, 0.1) is 0 Å². The van der Waals surface area contributed by atoms with Crippen LogP contribution in [-0.4, -0.2) is 50.4 Å². The molecule has 0 aliphatic carbocycles. The number of carboxylic acids is 1. The minimum atomic E-state index is -1.13. The van der Waals surface area contributed by atoms with Gasteiger partial charge in [0, 0.05) is 5.75 Å². The fraction of sp³-hybridized carbons (Fsp3) is 0.312. The fourth-order valence-corrected chi connectivity index (χ4v) is 4.12. The van der Waals surface area contributed by atoms with Crippen LogP contribution in [0.15, 0.2) is 41.6 Å². The van der Waals surface area contributed by atoms with E-state index >= 15 is 0 Å². The van der Waals surface area contributed by atoms with Crippen molar-refractivity contribution in [3.05, 3.63) is 47.2 Å². The number of carbonyl (C=O) groups excluding carboxylic acids is 2. The normalized spacial score (nSPS) is 23.1. The molecule has 0 unspecified atom stereocenters. The van der Waals surface area contributed by atoms with Crippen molar-refractivity contribution in [1.82, 2.24) is 10.2 Å². The van der Waals surface area contributed by atoms with Gasteiger partial charge in [0.15, 0.2) is 0 Å². The quantitative estimate of drug-likeness (QED) is 0.620. The van der Waals surface area contributed by atoms with Crippen molar-refractivity contribution in [3.8, 4) is 0 Å². The van der Waals surface area contributed by atoms with Gasteiger partial charge in [0.25, 0.3) is 5.91 Å². The Morgan fingerprint density at radius 3 is 2.60 bits per heavy atom. The number of benzene rings is 1. The van der Waals surface area contributed by atoms with Crippen molar-refractivity contribution >= 4 is 29.5 Å². The smallest absolute Gasteiger partial charge is 0.352 e. The van der Waals surface area contributed by atoms with Crippen LogP contribution in [0.2, 0.25) is 0 Å². The molecule has 1 fully saturated rings. The van der Waals surface area contributed by atoms with Crippen LogP contribution < -0.4 is 11.1 Å². The summed E-state index contributed by atoms with van der Waals surface area (Å²) in [7, 11) is 0. The van der Waals surface area contributed by atoms with E-state index in [1.165, 1.54) is 16.7 Å². The van der Waals surface area contributed by atoms with Crippen LogP contribution in [-0.2, 0) is 14.4 Å².